The Hall–Kier alpha value is -1.18. The van der Waals surface area contributed by atoms with Crippen LogP contribution >= 0.6 is 23.1 Å². The molecule has 0 aliphatic heterocycles. The molecule has 0 spiro atoms. The lowest BCUT2D eigenvalue weighted by atomic mass is 10.2. The fourth-order valence-corrected chi connectivity index (χ4v) is 3.62. The van der Waals surface area contributed by atoms with Crippen LogP contribution in [0, 0.1) is 0 Å². The van der Waals surface area contributed by atoms with Crippen LogP contribution in [0.1, 0.15) is 5.56 Å². The van der Waals surface area contributed by atoms with Crippen LogP contribution in [-0.2, 0) is 15.6 Å². The van der Waals surface area contributed by atoms with Gasteiger partial charge in [-0.1, -0.05) is 23.7 Å². The molecule has 18 heavy (non-hydrogen) atoms. The van der Waals surface area contributed by atoms with Gasteiger partial charge in [0, 0.05) is 16.6 Å². The maximum Gasteiger partial charge on any atom is 0.329 e. The van der Waals surface area contributed by atoms with E-state index in [2.05, 4.69) is 9.36 Å². The molecule has 0 saturated carbocycles. The van der Waals surface area contributed by atoms with E-state index in [9.17, 15) is 8.42 Å². The topological polar surface area (TPSA) is 69.2 Å². The predicted molar refractivity (Wildman–Crippen MR) is 68.8 cm³/mol. The first-order chi connectivity index (χ1) is 8.51. The number of sulfone groups is 1. The second kappa shape index (κ2) is 5.21. The van der Waals surface area contributed by atoms with Crippen LogP contribution in [0.4, 0.5) is 0 Å². The molecule has 0 aliphatic rings. The third-order valence-corrected chi connectivity index (χ3v) is 5.14. The van der Waals surface area contributed by atoms with Gasteiger partial charge in [0.15, 0.2) is 0 Å². The average molecular weight is 305 g/mol. The van der Waals surface area contributed by atoms with Gasteiger partial charge in [-0.15, -0.1) is 4.37 Å². The number of halogens is 1. The second-order valence-corrected chi connectivity index (χ2v) is 6.79. The molecule has 1 heterocycles. The maximum atomic E-state index is 12.1. The monoisotopic (exact) mass is 304 g/mol. The summed E-state index contributed by atoms with van der Waals surface area (Å²) in [4.78, 5) is 3.78. The minimum atomic E-state index is -3.51. The van der Waals surface area contributed by atoms with Crippen molar-refractivity contribution >= 4 is 33.0 Å². The number of hydrogen-bond acceptors (Lipinski definition) is 6. The Labute approximate surface area is 113 Å². The molecule has 0 bridgehead atoms. The molecule has 0 N–H and O–H groups in total. The van der Waals surface area contributed by atoms with E-state index in [0.717, 1.165) is 11.5 Å². The molecule has 2 rings (SSSR count). The van der Waals surface area contributed by atoms with E-state index in [1.165, 1.54) is 7.11 Å². The Balaban J connectivity index is 2.27. The lowest BCUT2D eigenvalue weighted by molar-refractivity contribution is 0.383. The molecule has 8 heteroatoms. The van der Waals surface area contributed by atoms with Crippen molar-refractivity contribution in [2.24, 2.45) is 0 Å². The van der Waals surface area contributed by atoms with Crippen LogP contribution in [0.2, 0.25) is 5.02 Å². The summed E-state index contributed by atoms with van der Waals surface area (Å²) in [6, 6.07) is 6.75. The molecule has 0 aliphatic carbocycles. The molecule has 5 nitrogen and oxygen atoms in total. The average Bonchev–Trinajstić information content (AvgIpc) is 2.77. The highest BCUT2D eigenvalue weighted by molar-refractivity contribution is 7.92. The Bertz CT molecular complexity index is 655. The van der Waals surface area contributed by atoms with Crippen molar-refractivity contribution < 1.29 is 13.2 Å². The van der Waals surface area contributed by atoms with Crippen molar-refractivity contribution in [3.8, 4) is 6.01 Å². The summed E-state index contributed by atoms with van der Waals surface area (Å²) in [7, 11) is -2.13. The molecule has 1 aromatic carbocycles. The van der Waals surface area contributed by atoms with Crippen molar-refractivity contribution in [3.63, 3.8) is 0 Å². The van der Waals surface area contributed by atoms with Gasteiger partial charge >= 0.3 is 6.01 Å². The molecule has 96 valence electrons. The smallest absolute Gasteiger partial charge is 0.329 e. The zero-order valence-corrected chi connectivity index (χ0v) is 11.7. The summed E-state index contributed by atoms with van der Waals surface area (Å²) in [6.45, 7) is 0. The third kappa shape index (κ3) is 2.98. The molecule has 0 saturated heterocycles. The summed E-state index contributed by atoms with van der Waals surface area (Å²) in [6.07, 6.45) is 0. The highest BCUT2D eigenvalue weighted by atomic mass is 35.5. The van der Waals surface area contributed by atoms with E-state index in [-0.39, 0.29) is 16.1 Å². The zero-order chi connectivity index (χ0) is 13.2. The summed E-state index contributed by atoms with van der Waals surface area (Å²) in [5.41, 5.74) is 0.608. The predicted octanol–water partition coefficient (Wildman–Crippen LogP) is 2.17. The van der Waals surface area contributed by atoms with Crippen LogP contribution < -0.4 is 4.74 Å². The van der Waals surface area contributed by atoms with E-state index < -0.39 is 9.84 Å². The SMILES string of the molecule is COc1nsc(S(=O)(=O)Cc2cccc(Cl)c2)n1. The number of aromatic nitrogens is 2. The molecular formula is C10H9ClN2O3S2. The van der Waals surface area contributed by atoms with Crippen molar-refractivity contribution in [1.82, 2.24) is 9.36 Å². The molecular weight excluding hydrogens is 296 g/mol. The van der Waals surface area contributed by atoms with E-state index >= 15 is 0 Å². The number of methoxy groups -OCH3 is 1. The lowest BCUT2D eigenvalue weighted by Gasteiger charge is -2.01. The quantitative estimate of drug-likeness (QED) is 0.866. The minimum Gasteiger partial charge on any atom is -0.466 e. The maximum absolute atomic E-state index is 12.1. The van der Waals surface area contributed by atoms with Crippen molar-refractivity contribution in [3.05, 3.63) is 34.9 Å². The van der Waals surface area contributed by atoms with Crippen molar-refractivity contribution in [1.29, 1.82) is 0 Å². The van der Waals surface area contributed by atoms with E-state index in [1.807, 2.05) is 0 Å². The molecule has 2 aromatic rings. The Morgan fingerprint density at radius 3 is 2.83 bits per heavy atom. The molecule has 0 atom stereocenters. The van der Waals surface area contributed by atoms with E-state index in [0.29, 0.717) is 10.6 Å². The first-order valence-corrected chi connectivity index (χ1v) is 7.66. The molecule has 0 radical (unpaired) electrons. The van der Waals surface area contributed by atoms with Crippen molar-refractivity contribution in [2.75, 3.05) is 7.11 Å². The first-order valence-electron chi connectivity index (χ1n) is 4.86. The summed E-state index contributed by atoms with van der Waals surface area (Å²) < 4.78 is 32.6. The van der Waals surface area contributed by atoms with Crippen LogP contribution in [0.25, 0.3) is 0 Å². The molecule has 0 fully saturated rings. The number of rotatable bonds is 4. The van der Waals surface area contributed by atoms with Gasteiger partial charge in [-0.25, -0.2) is 8.42 Å². The van der Waals surface area contributed by atoms with Gasteiger partial charge in [0.2, 0.25) is 14.2 Å². The van der Waals surface area contributed by atoms with Crippen LogP contribution in [0.15, 0.2) is 28.6 Å². The molecule has 0 unspecified atom stereocenters. The largest absolute Gasteiger partial charge is 0.466 e. The normalized spacial score (nSPS) is 11.4. The third-order valence-electron chi connectivity index (χ3n) is 2.08. The Kier molecular flexibility index (Phi) is 3.84. The Morgan fingerprint density at radius 1 is 1.44 bits per heavy atom. The lowest BCUT2D eigenvalue weighted by Crippen LogP contribution is -2.04. The number of ether oxygens (including phenoxy) is 1. The fraction of sp³-hybridized carbons (Fsp3) is 0.200. The van der Waals surface area contributed by atoms with Gasteiger partial charge in [-0.05, 0) is 17.7 Å². The van der Waals surface area contributed by atoms with Gasteiger partial charge in [-0.2, -0.15) is 4.98 Å². The summed E-state index contributed by atoms with van der Waals surface area (Å²) in [5, 5.41) is 0.498. The van der Waals surface area contributed by atoms with Gasteiger partial charge in [0.05, 0.1) is 12.9 Å². The number of nitrogens with zero attached hydrogens (tertiary/aromatic N) is 2. The zero-order valence-electron chi connectivity index (χ0n) is 9.33. The fourth-order valence-electron chi connectivity index (χ4n) is 1.31. The van der Waals surface area contributed by atoms with Gasteiger partial charge in [0.25, 0.3) is 0 Å². The van der Waals surface area contributed by atoms with Crippen molar-refractivity contribution in [2.45, 2.75) is 10.1 Å². The summed E-state index contributed by atoms with van der Waals surface area (Å²) in [5.74, 6) is -0.161. The van der Waals surface area contributed by atoms with Crippen LogP contribution in [-0.4, -0.2) is 24.9 Å². The van der Waals surface area contributed by atoms with E-state index in [1.54, 1.807) is 24.3 Å². The van der Waals surface area contributed by atoms with Gasteiger partial charge < -0.3 is 4.74 Å². The van der Waals surface area contributed by atoms with Gasteiger partial charge in [-0.3, -0.25) is 0 Å². The standard InChI is InChI=1S/C10H9ClN2O3S2/c1-16-9-12-10(17-13-9)18(14,15)6-7-3-2-4-8(11)5-7/h2-5H,6H2,1H3. The van der Waals surface area contributed by atoms with Gasteiger partial charge in [0.1, 0.15) is 0 Å². The summed E-state index contributed by atoms with van der Waals surface area (Å²) >= 11 is 6.60. The molecule has 0 amide bonds. The minimum absolute atomic E-state index is 0.0562. The number of hydrogen-bond donors (Lipinski definition) is 0. The van der Waals surface area contributed by atoms with E-state index in [4.69, 9.17) is 16.3 Å². The number of benzene rings is 1. The molecule has 1 aromatic heterocycles. The highest BCUT2D eigenvalue weighted by Crippen LogP contribution is 2.22. The first kappa shape index (κ1) is 13.3. The highest BCUT2D eigenvalue weighted by Gasteiger charge is 2.21. The van der Waals surface area contributed by atoms with Crippen LogP contribution in [0.5, 0.6) is 6.01 Å². The second-order valence-electron chi connectivity index (χ2n) is 3.44. The Morgan fingerprint density at radius 2 is 2.22 bits per heavy atom. The van der Waals surface area contributed by atoms with Crippen LogP contribution in [0.3, 0.4) is 0 Å².